The molecule has 2 aromatic carbocycles. The minimum Gasteiger partial charge on any atom is -0.495 e. The quantitative estimate of drug-likeness (QED) is 0.876. The van der Waals surface area contributed by atoms with Gasteiger partial charge in [0.25, 0.3) is 11.8 Å². The zero-order chi connectivity index (χ0) is 19.1. The van der Waals surface area contributed by atoms with E-state index in [1.807, 2.05) is 11.9 Å². The summed E-state index contributed by atoms with van der Waals surface area (Å²) in [6.45, 7) is 0.782. The van der Waals surface area contributed by atoms with Crippen LogP contribution in [0.4, 0.5) is 11.4 Å². The van der Waals surface area contributed by atoms with Gasteiger partial charge in [-0.05, 0) is 49.2 Å². The van der Waals surface area contributed by atoms with Crippen molar-refractivity contribution in [2.24, 2.45) is 0 Å². The van der Waals surface area contributed by atoms with Gasteiger partial charge in [0.2, 0.25) is 0 Å². The lowest BCUT2D eigenvalue weighted by Crippen LogP contribution is -2.50. The molecule has 1 saturated heterocycles. The van der Waals surface area contributed by atoms with Crippen molar-refractivity contribution in [3.63, 3.8) is 0 Å². The standard InChI is InChI=1S/C20H20ClN3O3/c1-23-16-10-12(5-7-14(16)20(26)24-9-3-4-18(23)24)19(25)22-15-11-13(21)6-8-17(15)27-2/h5-8,10-11,18H,3-4,9H2,1-2H3,(H,22,25)/t18-/m1/s1. The number of methoxy groups -OCH3 is 1. The first-order valence-electron chi connectivity index (χ1n) is 8.82. The van der Waals surface area contributed by atoms with E-state index in [0.717, 1.165) is 25.1 Å². The third kappa shape index (κ3) is 3.00. The summed E-state index contributed by atoms with van der Waals surface area (Å²) in [5.74, 6) is 0.279. The molecule has 0 aromatic heterocycles. The van der Waals surface area contributed by atoms with Crippen LogP contribution < -0.4 is 15.0 Å². The number of nitrogens with one attached hydrogen (secondary N) is 1. The van der Waals surface area contributed by atoms with Crippen molar-refractivity contribution in [1.82, 2.24) is 4.90 Å². The third-order valence-electron chi connectivity index (χ3n) is 5.21. The van der Waals surface area contributed by atoms with Crippen LogP contribution in [0.3, 0.4) is 0 Å². The van der Waals surface area contributed by atoms with Crippen LogP contribution in [0, 0.1) is 0 Å². The monoisotopic (exact) mass is 385 g/mol. The maximum absolute atomic E-state index is 12.8. The Morgan fingerprint density at radius 1 is 1.26 bits per heavy atom. The molecule has 2 amide bonds. The molecule has 0 spiro atoms. The minimum absolute atomic E-state index is 0.0362. The number of rotatable bonds is 3. The van der Waals surface area contributed by atoms with Crippen LogP contribution in [0.1, 0.15) is 33.6 Å². The van der Waals surface area contributed by atoms with Crippen LogP contribution in [-0.2, 0) is 0 Å². The molecule has 0 bridgehead atoms. The predicted molar refractivity (Wildman–Crippen MR) is 105 cm³/mol. The maximum Gasteiger partial charge on any atom is 0.257 e. The summed E-state index contributed by atoms with van der Waals surface area (Å²) in [6, 6.07) is 10.2. The molecule has 0 unspecified atom stereocenters. The summed E-state index contributed by atoms with van der Waals surface area (Å²) < 4.78 is 5.27. The van der Waals surface area contributed by atoms with Gasteiger partial charge in [-0.25, -0.2) is 0 Å². The SMILES string of the molecule is COc1ccc(Cl)cc1NC(=O)c1ccc2c(c1)N(C)[C@H]1CCCN1C2=O. The Kier molecular flexibility index (Phi) is 4.44. The molecule has 7 heteroatoms. The number of ether oxygens (including phenoxy) is 1. The zero-order valence-corrected chi connectivity index (χ0v) is 15.9. The highest BCUT2D eigenvalue weighted by atomic mass is 35.5. The highest BCUT2D eigenvalue weighted by molar-refractivity contribution is 6.31. The Labute approximate surface area is 162 Å². The van der Waals surface area contributed by atoms with Crippen LogP contribution in [0.25, 0.3) is 0 Å². The topological polar surface area (TPSA) is 61.9 Å². The molecule has 1 N–H and O–H groups in total. The molecular formula is C20H20ClN3O3. The minimum atomic E-state index is -0.284. The Morgan fingerprint density at radius 3 is 2.85 bits per heavy atom. The first-order valence-corrected chi connectivity index (χ1v) is 9.20. The number of amides is 2. The average molecular weight is 386 g/mol. The molecule has 0 saturated carbocycles. The molecule has 0 aliphatic carbocycles. The smallest absolute Gasteiger partial charge is 0.257 e. The molecule has 2 aromatic rings. The lowest BCUT2D eigenvalue weighted by molar-refractivity contribution is 0.0719. The van der Waals surface area contributed by atoms with Gasteiger partial charge in [0.1, 0.15) is 11.9 Å². The molecule has 6 nitrogen and oxygen atoms in total. The van der Waals surface area contributed by atoms with Crippen molar-refractivity contribution in [3.8, 4) is 5.75 Å². The molecule has 2 heterocycles. The molecule has 2 aliphatic heterocycles. The Hall–Kier alpha value is -2.73. The number of fused-ring (bicyclic) bond motifs is 2. The second-order valence-electron chi connectivity index (χ2n) is 6.76. The number of halogens is 1. The molecule has 27 heavy (non-hydrogen) atoms. The van der Waals surface area contributed by atoms with E-state index in [1.54, 1.807) is 36.4 Å². The lowest BCUT2D eigenvalue weighted by atomic mass is 10.0. The molecule has 1 atom stereocenters. The fourth-order valence-corrected chi connectivity index (χ4v) is 3.99. The van der Waals surface area contributed by atoms with Crippen molar-refractivity contribution in [2.75, 3.05) is 30.9 Å². The van der Waals surface area contributed by atoms with E-state index >= 15 is 0 Å². The Bertz CT molecular complexity index is 931. The maximum atomic E-state index is 12.8. The first kappa shape index (κ1) is 17.7. The van der Waals surface area contributed by atoms with E-state index in [2.05, 4.69) is 10.2 Å². The largest absolute Gasteiger partial charge is 0.495 e. The summed E-state index contributed by atoms with van der Waals surface area (Å²) in [4.78, 5) is 29.5. The van der Waals surface area contributed by atoms with Gasteiger partial charge in [0.15, 0.2) is 0 Å². The molecular weight excluding hydrogens is 366 g/mol. The average Bonchev–Trinajstić information content (AvgIpc) is 3.16. The predicted octanol–water partition coefficient (Wildman–Crippen LogP) is 3.61. The normalized spacial score (nSPS) is 18.2. The molecule has 2 aliphatic rings. The van der Waals surface area contributed by atoms with Gasteiger partial charge < -0.3 is 19.9 Å². The van der Waals surface area contributed by atoms with Crippen LogP contribution in [0.15, 0.2) is 36.4 Å². The highest BCUT2D eigenvalue weighted by Crippen LogP contribution is 2.36. The number of anilines is 2. The van der Waals surface area contributed by atoms with Gasteiger partial charge in [0, 0.05) is 24.2 Å². The van der Waals surface area contributed by atoms with Crippen LogP contribution >= 0.6 is 11.6 Å². The van der Waals surface area contributed by atoms with E-state index in [-0.39, 0.29) is 18.0 Å². The van der Waals surface area contributed by atoms with Gasteiger partial charge in [-0.15, -0.1) is 0 Å². The zero-order valence-electron chi connectivity index (χ0n) is 15.2. The van der Waals surface area contributed by atoms with E-state index in [4.69, 9.17) is 16.3 Å². The number of carbonyl (C=O) groups excluding carboxylic acids is 2. The Balaban J connectivity index is 1.65. The second-order valence-corrected chi connectivity index (χ2v) is 7.20. The van der Waals surface area contributed by atoms with Crippen molar-refractivity contribution in [2.45, 2.75) is 19.0 Å². The molecule has 140 valence electrons. The third-order valence-corrected chi connectivity index (χ3v) is 5.44. The number of nitrogens with zero attached hydrogens (tertiary/aromatic N) is 2. The number of carbonyl (C=O) groups is 2. The lowest BCUT2D eigenvalue weighted by Gasteiger charge is -2.40. The van der Waals surface area contributed by atoms with Crippen molar-refractivity contribution < 1.29 is 14.3 Å². The Morgan fingerprint density at radius 2 is 2.07 bits per heavy atom. The molecule has 0 radical (unpaired) electrons. The summed E-state index contributed by atoms with van der Waals surface area (Å²) in [6.07, 6.45) is 2.00. The van der Waals surface area contributed by atoms with E-state index in [1.165, 1.54) is 7.11 Å². The van der Waals surface area contributed by atoms with E-state index in [9.17, 15) is 9.59 Å². The van der Waals surface area contributed by atoms with Gasteiger partial charge in [-0.3, -0.25) is 9.59 Å². The van der Waals surface area contributed by atoms with Crippen molar-refractivity contribution in [1.29, 1.82) is 0 Å². The van der Waals surface area contributed by atoms with Crippen LogP contribution in [0.2, 0.25) is 5.02 Å². The summed E-state index contributed by atoms with van der Waals surface area (Å²) in [5, 5.41) is 3.34. The van der Waals surface area contributed by atoms with Gasteiger partial charge >= 0.3 is 0 Å². The van der Waals surface area contributed by atoms with Gasteiger partial charge in [0.05, 0.1) is 24.0 Å². The van der Waals surface area contributed by atoms with Crippen LogP contribution in [-0.4, -0.2) is 43.6 Å². The van der Waals surface area contributed by atoms with Crippen LogP contribution in [0.5, 0.6) is 5.75 Å². The first-order chi connectivity index (χ1) is 13.0. The molecule has 4 rings (SSSR count). The fourth-order valence-electron chi connectivity index (χ4n) is 3.82. The fraction of sp³-hybridized carbons (Fsp3) is 0.300. The van der Waals surface area contributed by atoms with Gasteiger partial charge in [-0.2, -0.15) is 0 Å². The summed E-state index contributed by atoms with van der Waals surface area (Å²) in [7, 11) is 3.50. The number of hydrogen-bond acceptors (Lipinski definition) is 4. The van der Waals surface area contributed by atoms with E-state index in [0.29, 0.717) is 27.6 Å². The highest BCUT2D eigenvalue weighted by Gasteiger charge is 2.38. The van der Waals surface area contributed by atoms with Crippen molar-refractivity contribution in [3.05, 3.63) is 52.5 Å². The summed E-state index contributed by atoms with van der Waals surface area (Å²) in [5.41, 5.74) is 2.39. The summed E-state index contributed by atoms with van der Waals surface area (Å²) >= 11 is 6.03. The second kappa shape index (κ2) is 6.78. The number of hydrogen-bond donors (Lipinski definition) is 1. The molecule has 1 fully saturated rings. The number of benzene rings is 2. The van der Waals surface area contributed by atoms with Gasteiger partial charge in [-0.1, -0.05) is 11.6 Å². The van der Waals surface area contributed by atoms with E-state index < -0.39 is 0 Å². The van der Waals surface area contributed by atoms with Crippen molar-refractivity contribution >= 4 is 34.8 Å².